The van der Waals surface area contributed by atoms with E-state index in [2.05, 4.69) is 0 Å². The minimum Gasteiger partial charge on any atom is -0.464 e. The van der Waals surface area contributed by atoms with Crippen molar-refractivity contribution in [2.45, 2.75) is 20.0 Å². The molecule has 10 heteroatoms. The number of ether oxygens (including phenoxy) is 5. The van der Waals surface area contributed by atoms with Gasteiger partial charge in [-0.2, -0.15) is 0 Å². The molecule has 0 N–H and O–H groups in total. The van der Waals surface area contributed by atoms with Crippen LogP contribution in [0.4, 0.5) is 0 Å². The van der Waals surface area contributed by atoms with Crippen LogP contribution < -0.4 is 18.9 Å². The predicted octanol–water partition coefficient (Wildman–Crippen LogP) is 3.36. The molecule has 1 aromatic heterocycles. The molecule has 3 aromatic rings. The van der Waals surface area contributed by atoms with Gasteiger partial charge in [0, 0.05) is 25.8 Å². The van der Waals surface area contributed by atoms with Gasteiger partial charge in [0.2, 0.25) is 19.5 Å². The van der Waals surface area contributed by atoms with Crippen molar-refractivity contribution in [3.63, 3.8) is 0 Å². The minimum absolute atomic E-state index is 0.111. The van der Waals surface area contributed by atoms with Crippen LogP contribution in [0.5, 0.6) is 23.0 Å². The summed E-state index contributed by atoms with van der Waals surface area (Å²) in [7, 11) is 1.55. The quantitative estimate of drug-likeness (QED) is 0.411. The summed E-state index contributed by atoms with van der Waals surface area (Å²) in [6.45, 7) is 3.06. The molecular formula is C27H28N2O8. The van der Waals surface area contributed by atoms with Crippen LogP contribution in [-0.2, 0) is 22.6 Å². The fraction of sp³-hybridized carbons (Fsp3) is 0.333. The first-order chi connectivity index (χ1) is 18.0. The van der Waals surface area contributed by atoms with E-state index in [4.69, 9.17) is 28.1 Å². The van der Waals surface area contributed by atoms with Crippen molar-refractivity contribution in [3.05, 3.63) is 71.2 Å². The van der Waals surface area contributed by atoms with E-state index in [-0.39, 0.29) is 51.6 Å². The average molecular weight is 509 g/mol. The molecule has 0 radical (unpaired) electrons. The average Bonchev–Trinajstić information content (AvgIpc) is 3.65. The summed E-state index contributed by atoms with van der Waals surface area (Å²) < 4.78 is 32.6. The van der Waals surface area contributed by atoms with Crippen molar-refractivity contribution in [1.29, 1.82) is 0 Å². The molecule has 0 unspecified atom stereocenters. The molecule has 2 amide bonds. The topological polar surface area (TPSA) is 99.9 Å². The number of carbonyl (C=O) groups is 2. The minimum atomic E-state index is -0.305. The van der Waals surface area contributed by atoms with Crippen LogP contribution in [0.3, 0.4) is 0 Å². The third-order valence-corrected chi connectivity index (χ3v) is 6.10. The van der Waals surface area contributed by atoms with E-state index in [9.17, 15) is 9.59 Å². The fourth-order valence-corrected chi connectivity index (χ4v) is 4.18. The van der Waals surface area contributed by atoms with Crippen LogP contribution >= 0.6 is 0 Å². The van der Waals surface area contributed by atoms with Crippen LogP contribution in [0, 0.1) is 6.92 Å². The van der Waals surface area contributed by atoms with Gasteiger partial charge in [0.25, 0.3) is 5.91 Å². The van der Waals surface area contributed by atoms with Gasteiger partial charge in [0.15, 0.2) is 23.0 Å². The van der Waals surface area contributed by atoms with Crippen molar-refractivity contribution < 1.29 is 37.7 Å². The second-order valence-corrected chi connectivity index (χ2v) is 8.74. The van der Waals surface area contributed by atoms with Crippen LogP contribution in [-0.4, -0.2) is 62.0 Å². The highest BCUT2D eigenvalue weighted by molar-refractivity contribution is 5.97. The lowest BCUT2D eigenvalue weighted by Gasteiger charge is -2.27. The molecule has 0 spiro atoms. The van der Waals surface area contributed by atoms with Gasteiger partial charge in [-0.3, -0.25) is 9.59 Å². The van der Waals surface area contributed by atoms with Crippen LogP contribution in [0.15, 0.2) is 52.9 Å². The largest absolute Gasteiger partial charge is 0.464 e. The highest BCUT2D eigenvalue weighted by atomic mass is 16.7. The van der Waals surface area contributed by atoms with Gasteiger partial charge in [-0.1, -0.05) is 6.07 Å². The Hall–Kier alpha value is -4.18. The summed E-state index contributed by atoms with van der Waals surface area (Å²) in [5.74, 6) is 3.25. The highest BCUT2D eigenvalue weighted by Gasteiger charge is 2.25. The molecule has 0 atom stereocenters. The molecule has 0 saturated carbocycles. The van der Waals surface area contributed by atoms with Crippen LogP contribution in [0.2, 0.25) is 0 Å². The molecular weight excluding hydrogens is 480 g/mol. The van der Waals surface area contributed by atoms with Crippen molar-refractivity contribution in [2.24, 2.45) is 0 Å². The molecule has 3 heterocycles. The lowest BCUT2D eigenvalue weighted by atomic mass is 10.1. The van der Waals surface area contributed by atoms with Gasteiger partial charge in [0.1, 0.15) is 18.1 Å². The molecule has 37 heavy (non-hydrogen) atoms. The summed E-state index contributed by atoms with van der Waals surface area (Å²) in [6, 6.07) is 14.3. The first-order valence-corrected chi connectivity index (χ1v) is 11.9. The summed E-state index contributed by atoms with van der Waals surface area (Å²) in [6.07, 6.45) is 0. The zero-order valence-corrected chi connectivity index (χ0v) is 20.7. The second-order valence-electron chi connectivity index (χ2n) is 8.74. The Bertz CT molecular complexity index is 1290. The smallest absolute Gasteiger partial charge is 0.254 e. The molecule has 2 aliphatic rings. The van der Waals surface area contributed by atoms with E-state index in [0.717, 1.165) is 11.3 Å². The molecule has 0 bridgehead atoms. The van der Waals surface area contributed by atoms with Crippen molar-refractivity contribution >= 4 is 11.8 Å². The number of amides is 2. The number of aryl methyl sites for hydroxylation is 1. The number of furan rings is 1. The third kappa shape index (κ3) is 5.64. The van der Waals surface area contributed by atoms with Crippen LogP contribution in [0.25, 0.3) is 0 Å². The fourth-order valence-electron chi connectivity index (χ4n) is 4.18. The predicted molar refractivity (Wildman–Crippen MR) is 131 cm³/mol. The molecule has 0 aliphatic carbocycles. The normalized spacial score (nSPS) is 13.0. The van der Waals surface area contributed by atoms with Gasteiger partial charge < -0.3 is 37.9 Å². The maximum Gasteiger partial charge on any atom is 0.254 e. The molecule has 0 fully saturated rings. The van der Waals surface area contributed by atoms with Crippen molar-refractivity contribution in [1.82, 2.24) is 9.80 Å². The van der Waals surface area contributed by atoms with Gasteiger partial charge >= 0.3 is 0 Å². The van der Waals surface area contributed by atoms with E-state index in [0.29, 0.717) is 40.9 Å². The maximum atomic E-state index is 13.6. The first kappa shape index (κ1) is 24.5. The summed E-state index contributed by atoms with van der Waals surface area (Å²) >= 11 is 0. The van der Waals surface area contributed by atoms with E-state index in [1.807, 2.05) is 37.3 Å². The zero-order valence-electron chi connectivity index (χ0n) is 20.7. The van der Waals surface area contributed by atoms with Gasteiger partial charge in [-0.15, -0.1) is 0 Å². The SMILES string of the molecule is COCCN(CC(=O)N(Cc1ccc2c(c1)OCO2)Cc1ccc(C)o1)C(=O)c1ccc2c(c1)OCO2. The van der Waals surface area contributed by atoms with E-state index >= 15 is 0 Å². The molecule has 2 aromatic carbocycles. The number of fused-ring (bicyclic) bond motifs is 2. The Morgan fingerprint density at radius 2 is 1.54 bits per heavy atom. The number of methoxy groups -OCH3 is 1. The van der Waals surface area contributed by atoms with E-state index in [1.165, 1.54) is 4.90 Å². The Labute approximate surface area is 214 Å². The Kier molecular flexibility index (Phi) is 7.18. The second kappa shape index (κ2) is 10.8. The first-order valence-electron chi connectivity index (χ1n) is 11.9. The van der Waals surface area contributed by atoms with Gasteiger partial charge in [-0.05, 0) is 55.0 Å². The summed E-state index contributed by atoms with van der Waals surface area (Å²) in [5, 5.41) is 0. The standard InChI is InChI=1S/C27H28N2O8/c1-18-3-6-21(37-18)14-29(13-19-4-7-22-24(11-19)35-16-33-22)26(30)15-28(9-10-32-2)27(31)20-5-8-23-25(12-20)36-17-34-23/h3-8,11-12H,9-10,13-17H2,1-2H3. The Balaban J connectivity index is 1.36. The Morgan fingerprint density at radius 3 is 2.24 bits per heavy atom. The van der Waals surface area contributed by atoms with Crippen molar-refractivity contribution in [3.8, 4) is 23.0 Å². The molecule has 194 valence electrons. The Morgan fingerprint density at radius 1 is 0.838 bits per heavy atom. The number of hydrogen-bond acceptors (Lipinski definition) is 8. The van der Waals surface area contributed by atoms with Gasteiger partial charge in [0.05, 0.1) is 13.2 Å². The monoisotopic (exact) mass is 508 g/mol. The lowest BCUT2D eigenvalue weighted by Crippen LogP contribution is -2.43. The number of carbonyl (C=O) groups excluding carboxylic acids is 2. The summed E-state index contributed by atoms with van der Waals surface area (Å²) in [5.41, 5.74) is 1.27. The van der Waals surface area contributed by atoms with E-state index < -0.39 is 0 Å². The number of hydrogen-bond donors (Lipinski definition) is 0. The lowest BCUT2D eigenvalue weighted by molar-refractivity contribution is -0.133. The molecule has 2 aliphatic heterocycles. The number of benzene rings is 2. The molecule has 10 nitrogen and oxygen atoms in total. The zero-order chi connectivity index (χ0) is 25.8. The maximum absolute atomic E-state index is 13.6. The van der Waals surface area contributed by atoms with Crippen LogP contribution in [0.1, 0.15) is 27.4 Å². The molecule has 5 rings (SSSR count). The summed E-state index contributed by atoms with van der Waals surface area (Å²) in [4.78, 5) is 30.2. The third-order valence-electron chi connectivity index (χ3n) is 6.10. The van der Waals surface area contributed by atoms with E-state index in [1.54, 1.807) is 30.2 Å². The highest BCUT2D eigenvalue weighted by Crippen LogP contribution is 2.34. The van der Waals surface area contributed by atoms with Gasteiger partial charge in [-0.25, -0.2) is 0 Å². The van der Waals surface area contributed by atoms with Crippen molar-refractivity contribution in [2.75, 3.05) is 40.4 Å². The molecule has 0 saturated heterocycles. The number of nitrogens with zero attached hydrogens (tertiary/aromatic N) is 2. The number of rotatable bonds is 10.